The quantitative estimate of drug-likeness (QED) is 0.925. The number of rotatable bonds is 3. The van der Waals surface area contributed by atoms with Gasteiger partial charge in [0.25, 0.3) is 5.91 Å². The van der Waals surface area contributed by atoms with Gasteiger partial charge in [-0.25, -0.2) is 4.39 Å². The van der Waals surface area contributed by atoms with Crippen LogP contribution in [0.2, 0.25) is 5.02 Å². The molecule has 0 saturated carbocycles. The van der Waals surface area contributed by atoms with Crippen LogP contribution < -0.4 is 5.32 Å². The molecule has 5 heteroatoms. The third-order valence-electron chi connectivity index (χ3n) is 3.46. The highest BCUT2D eigenvalue weighted by Crippen LogP contribution is 2.21. The molecule has 0 radical (unpaired) electrons. The van der Waals surface area contributed by atoms with E-state index in [1.54, 1.807) is 4.90 Å². The van der Waals surface area contributed by atoms with Crippen molar-refractivity contribution in [3.8, 4) is 0 Å². The van der Waals surface area contributed by atoms with Gasteiger partial charge in [0.15, 0.2) is 0 Å². The average molecular weight is 285 g/mol. The first kappa shape index (κ1) is 14.3. The minimum atomic E-state index is -0.509. The molecular weight excluding hydrogens is 267 g/mol. The van der Waals surface area contributed by atoms with Gasteiger partial charge in [-0.05, 0) is 50.6 Å². The fourth-order valence-electron chi connectivity index (χ4n) is 2.54. The molecule has 1 saturated heterocycles. The maximum absolute atomic E-state index is 13.7. The second kappa shape index (κ2) is 6.35. The van der Waals surface area contributed by atoms with Crippen LogP contribution >= 0.6 is 11.6 Å². The van der Waals surface area contributed by atoms with Gasteiger partial charge >= 0.3 is 0 Å². The minimum absolute atomic E-state index is 0.0672. The largest absolute Gasteiger partial charge is 0.338 e. The molecule has 1 aliphatic rings. The predicted octanol–water partition coefficient (Wildman–Crippen LogP) is 2.55. The average Bonchev–Trinajstić information content (AvgIpc) is 2.41. The first-order valence-corrected chi connectivity index (χ1v) is 6.88. The van der Waals surface area contributed by atoms with Crippen molar-refractivity contribution >= 4 is 17.5 Å². The van der Waals surface area contributed by atoms with Crippen molar-refractivity contribution in [1.82, 2.24) is 10.2 Å². The van der Waals surface area contributed by atoms with E-state index in [2.05, 4.69) is 5.32 Å². The van der Waals surface area contributed by atoms with E-state index in [9.17, 15) is 9.18 Å². The zero-order valence-corrected chi connectivity index (χ0v) is 11.7. The highest BCUT2D eigenvalue weighted by molar-refractivity contribution is 6.31. The molecule has 1 aromatic carbocycles. The molecule has 0 aliphatic carbocycles. The fourth-order valence-corrected chi connectivity index (χ4v) is 2.71. The van der Waals surface area contributed by atoms with Crippen LogP contribution in [0.15, 0.2) is 18.2 Å². The van der Waals surface area contributed by atoms with E-state index in [-0.39, 0.29) is 11.5 Å². The van der Waals surface area contributed by atoms with Crippen LogP contribution in [0, 0.1) is 11.7 Å². The maximum Gasteiger partial charge on any atom is 0.256 e. The van der Waals surface area contributed by atoms with E-state index in [1.807, 2.05) is 7.05 Å². The Bertz CT molecular complexity index is 465. The molecule has 0 spiro atoms. The summed E-state index contributed by atoms with van der Waals surface area (Å²) < 4.78 is 13.7. The van der Waals surface area contributed by atoms with E-state index in [0.717, 1.165) is 19.4 Å². The van der Waals surface area contributed by atoms with Crippen molar-refractivity contribution in [2.24, 2.45) is 5.92 Å². The van der Waals surface area contributed by atoms with Crippen molar-refractivity contribution in [1.29, 1.82) is 0 Å². The summed E-state index contributed by atoms with van der Waals surface area (Å²) in [5, 5.41) is 3.51. The third kappa shape index (κ3) is 3.45. The summed E-state index contributed by atoms with van der Waals surface area (Å²) in [6, 6.07) is 4.10. The summed E-state index contributed by atoms with van der Waals surface area (Å²) in [7, 11) is 1.90. The maximum atomic E-state index is 13.7. The van der Waals surface area contributed by atoms with Crippen LogP contribution in [-0.4, -0.2) is 37.5 Å². The lowest BCUT2D eigenvalue weighted by molar-refractivity contribution is 0.0669. The van der Waals surface area contributed by atoms with E-state index < -0.39 is 5.82 Å². The van der Waals surface area contributed by atoms with Gasteiger partial charge in [0.1, 0.15) is 5.82 Å². The monoisotopic (exact) mass is 284 g/mol. The van der Waals surface area contributed by atoms with Gasteiger partial charge < -0.3 is 10.2 Å². The van der Waals surface area contributed by atoms with E-state index in [4.69, 9.17) is 11.6 Å². The second-order valence-corrected chi connectivity index (χ2v) is 5.38. The normalized spacial score (nSPS) is 19.5. The van der Waals surface area contributed by atoms with Crippen molar-refractivity contribution in [3.63, 3.8) is 0 Å². The van der Waals surface area contributed by atoms with Crippen molar-refractivity contribution < 1.29 is 9.18 Å². The van der Waals surface area contributed by atoms with E-state index >= 15 is 0 Å². The zero-order valence-electron chi connectivity index (χ0n) is 11.0. The molecule has 2 rings (SSSR count). The van der Waals surface area contributed by atoms with E-state index in [1.165, 1.54) is 18.2 Å². The van der Waals surface area contributed by atoms with Crippen LogP contribution in [-0.2, 0) is 0 Å². The number of hydrogen-bond donors (Lipinski definition) is 1. The van der Waals surface area contributed by atoms with Crippen molar-refractivity contribution in [2.75, 3.05) is 26.7 Å². The standard InChI is InChI=1S/C14H18ClFN2O/c1-17-8-10-3-2-6-18(9-10)14(19)12-7-11(15)4-5-13(12)16/h4-5,7,10,17H,2-3,6,8-9H2,1H3. The van der Waals surface area contributed by atoms with Gasteiger partial charge in [-0.15, -0.1) is 0 Å². The fraction of sp³-hybridized carbons (Fsp3) is 0.500. The zero-order chi connectivity index (χ0) is 13.8. The Kier molecular flexibility index (Phi) is 4.77. The van der Waals surface area contributed by atoms with Gasteiger partial charge in [-0.1, -0.05) is 11.6 Å². The van der Waals surface area contributed by atoms with Gasteiger partial charge in [0.2, 0.25) is 0 Å². The molecule has 1 unspecified atom stereocenters. The molecule has 0 aromatic heterocycles. The molecule has 1 heterocycles. The highest BCUT2D eigenvalue weighted by atomic mass is 35.5. The first-order chi connectivity index (χ1) is 9.11. The highest BCUT2D eigenvalue weighted by Gasteiger charge is 2.25. The summed E-state index contributed by atoms with van der Waals surface area (Å²) in [6.07, 6.45) is 2.06. The Labute approximate surface area is 117 Å². The summed E-state index contributed by atoms with van der Waals surface area (Å²) >= 11 is 5.83. The molecule has 1 atom stereocenters. The SMILES string of the molecule is CNCC1CCCN(C(=O)c2cc(Cl)ccc2F)C1. The number of likely N-dealkylation sites (tertiary alicyclic amines) is 1. The molecule has 1 aliphatic heterocycles. The topological polar surface area (TPSA) is 32.3 Å². The van der Waals surface area contributed by atoms with Crippen LogP contribution in [0.5, 0.6) is 0 Å². The Hall–Kier alpha value is -1.13. The lowest BCUT2D eigenvalue weighted by atomic mass is 9.97. The Morgan fingerprint density at radius 1 is 1.58 bits per heavy atom. The van der Waals surface area contributed by atoms with Crippen molar-refractivity contribution in [3.05, 3.63) is 34.6 Å². The van der Waals surface area contributed by atoms with Crippen LogP contribution in [0.1, 0.15) is 23.2 Å². The second-order valence-electron chi connectivity index (χ2n) is 4.94. The number of amides is 1. The number of halogens is 2. The van der Waals surface area contributed by atoms with Crippen molar-refractivity contribution in [2.45, 2.75) is 12.8 Å². The number of nitrogens with zero attached hydrogens (tertiary/aromatic N) is 1. The molecule has 104 valence electrons. The number of carbonyl (C=O) groups is 1. The molecule has 1 aromatic rings. The van der Waals surface area contributed by atoms with Crippen LogP contribution in [0.3, 0.4) is 0 Å². The van der Waals surface area contributed by atoms with Gasteiger partial charge in [-0.2, -0.15) is 0 Å². The summed E-state index contributed by atoms with van der Waals surface area (Å²) in [6.45, 7) is 2.23. The Morgan fingerprint density at radius 3 is 3.11 bits per heavy atom. The minimum Gasteiger partial charge on any atom is -0.338 e. The lowest BCUT2D eigenvalue weighted by Crippen LogP contribution is -2.42. The third-order valence-corrected chi connectivity index (χ3v) is 3.69. The number of nitrogens with one attached hydrogen (secondary N) is 1. The number of piperidine rings is 1. The summed E-state index contributed by atoms with van der Waals surface area (Å²) in [5.74, 6) is -0.337. The molecule has 1 N–H and O–H groups in total. The summed E-state index contributed by atoms with van der Waals surface area (Å²) in [5.41, 5.74) is 0.0672. The number of benzene rings is 1. The Morgan fingerprint density at radius 2 is 2.37 bits per heavy atom. The van der Waals surface area contributed by atoms with Gasteiger partial charge in [0.05, 0.1) is 5.56 Å². The molecule has 1 fully saturated rings. The smallest absolute Gasteiger partial charge is 0.256 e. The molecule has 1 amide bonds. The predicted molar refractivity (Wildman–Crippen MR) is 74.0 cm³/mol. The summed E-state index contributed by atoms with van der Waals surface area (Å²) in [4.78, 5) is 14.1. The molecular formula is C14H18ClFN2O. The molecule has 3 nitrogen and oxygen atoms in total. The number of carbonyl (C=O) groups excluding carboxylic acids is 1. The lowest BCUT2D eigenvalue weighted by Gasteiger charge is -2.32. The van der Waals surface area contributed by atoms with Crippen LogP contribution in [0.4, 0.5) is 4.39 Å². The number of hydrogen-bond acceptors (Lipinski definition) is 2. The molecule has 19 heavy (non-hydrogen) atoms. The van der Waals surface area contributed by atoms with E-state index in [0.29, 0.717) is 24.0 Å². The van der Waals surface area contributed by atoms with Gasteiger partial charge in [-0.3, -0.25) is 4.79 Å². The molecule has 0 bridgehead atoms. The van der Waals surface area contributed by atoms with Gasteiger partial charge in [0, 0.05) is 18.1 Å². The van der Waals surface area contributed by atoms with Crippen LogP contribution in [0.25, 0.3) is 0 Å². The Balaban J connectivity index is 2.12. The first-order valence-electron chi connectivity index (χ1n) is 6.50.